The van der Waals surface area contributed by atoms with E-state index >= 15 is 0 Å². The van der Waals surface area contributed by atoms with Crippen LogP contribution in [0, 0.1) is 5.92 Å². The van der Waals surface area contributed by atoms with E-state index in [1.807, 2.05) is 41.3 Å². The minimum Gasteiger partial charge on any atom is -0.394 e. The van der Waals surface area contributed by atoms with Crippen molar-refractivity contribution < 1.29 is 4.79 Å². The lowest BCUT2D eigenvalue weighted by atomic mass is 9.83. The highest BCUT2D eigenvalue weighted by molar-refractivity contribution is 5.94. The molecular weight excluding hydrogens is 290 g/mol. The molecule has 0 radical (unpaired) electrons. The molecule has 2 aromatic rings. The number of aromatic nitrogens is 1. The van der Waals surface area contributed by atoms with Gasteiger partial charge >= 0.3 is 0 Å². The van der Waals surface area contributed by atoms with Gasteiger partial charge in [-0.15, -0.1) is 0 Å². The summed E-state index contributed by atoms with van der Waals surface area (Å²) >= 11 is 0. The Morgan fingerprint density at radius 2 is 1.83 bits per heavy atom. The van der Waals surface area contributed by atoms with Crippen molar-refractivity contribution in [1.82, 2.24) is 9.47 Å². The van der Waals surface area contributed by atoms with E-state index < -0.39 is 0 Å². The zero-order valence-corrected chi connectivity index (χ0v) is 12.8. The standard InChI is InChI=1S/C18H19N3O2/c19-15-6-7-16-14-8-12(10-21(16)18(15)23)9-20(11-14)17(22)13-4-2-1-3-5-13/h1-7,12,14H,8-11,19H2. The van der Waals surface area contributed by atoms with Crippen LogP contribution in [0.2, 0.25) is 0 Å². The van der Waals surface area contributed by atoms with Crippen LogP contribution in [0.4, 0.5) is 5.69 Å². The summed E-state index contributed by atoms with van der Waals surface area (Å²) in [6, 6.07) is 13.0. The number of carbonyl (C=O) groups is 1. The van der Waals surface area contributed by atoms with Crippen molar-refractivity contribution in [2.45, 2.75) is 18.9 Å². The molecule has 2 aliphatic heterocycles. The number of fused-ring (bicyclic) bond motifs is 4. The zero-order chi connectivity index (χ0) is 16.0. The Morgan fingerprint density at radius 1 is 1.04 bits per heavy atom. The van der Waals surface area contributed by atoms with Gasteiger partial charge in [0.05, 0.1) is 5.69 Å². The van der Waals surface area contributed by atoms with E-state index in [4.69, 9.17) is 5.73 Å². The largest absolute Gasteiger partial charge is 0.394 e. The molecular formula is C18H19N3O2. The van der Waals surface area contributed by atoms with Crippen LogP contribution < -0.4 is 11.3 Å². The number of likely N-dealkylation sites (tertiary alicyclic amines) is 1. The molecule has 1 saturated heterocycles. The van der Waals surface area contributed by atoms with Crippen LogP contribution in [0.1, 0.15) is 28.4 Å². The topological polar surface area (TPSA) is 68.3 Å². The van der Waals surface area contributed by atoms with Crippen molar-refractivity contribution >= 4 is 11.6 Å². The molecule has 118 valence electrons. The Labute approximate surface area is 134 Å². The van der Waals surface area contributed by atoms with Gasteiger partial charge in [-0.05, 0) is 36.6 Å². The number of nitrogen functional groups attached to an aromatic ring is 1. The maximum atomic E-state index is 12.7. The summed E-state index contributed by atoms with van der Waals surface area (Å²) in [6.45, 7) is 2.01. The van der Waals surface area contributed by atoms with Gasteiger partial charge in [-0.2, -0.15) is 0 Å². The molecule has 2 bridgehead atoms. The average molecular weight is 309 g/mol. The summed E-state index contributed by atoms with van der Waals surface area (Å²) in [5.74, 6) is 0.600. The Balaban J connectivity index is 1.65. The summed E-state index contributed by atoms with van der Waals surface area (Å²) in [6.07, 6.45) is 1.03. The van der Waals surface area contributed by atoms with Crippen LogP contribution in [-0.4, -0.2) is 28.5 Å². The molecule has 2 aliphatic rings. The van der Waals surface area contributed by atoms with Gasteiger partial charge in [-0.3, -0.25) is 9.59 Å². The minimum absolute atomic E-state index is 0.0755. The molecule has 2 atom stereocenters. The fraction of sp³-hybridized carbons (Fsp3) is 0.333. The lowest BCUT2D eigenvalue weighted by Crippen LogP contribution is -2.49. The van der Waals surface area contributed by atoms with Gasteiger partial charge in [-0.1, -0.05) is 18.2 Å². The second kappa shape index (κ2) is 5.26. The molecule has 5 nitrogen and oxygen atoms in total. The first-order valence-electron chi connectivity index (χ1n) is 7.97. The van der Waals surface area contributed by atoms with E-state index in [9.17, 15) is 9.59 Å². The lowest BCUT2D eigenvalue weighted by molar-refractivity contribution is 0.0594. The third-order valence-corrected chi connectivity index (χ3v) is 4.94. The van der Waals surface area contributed by atoms with Gasteiger partial charge in [0.1, 0.15) is 0 Å². The molecule has 0 spiro atoms. The molecule has 2 unspecified atom stereocenters. The summed E-state index contributed by atoms with van der Waals surface area (Å²) in [7, 11) is 0. The van der Waals surface area contributed by atoms with Crippen LogP contribution in [-0.2, 0) is 6.54 Å². The van der Waals surface area contributed by atoms with E-state index in [0.717, 1.165) is 17.7 Å². The molecule has 4 rings (SSSR count). The van der Waals surface area contributed by atoms with Crippen molar-refractivity contribution in [3.8, 4) is 0 Å². The number of nitrogens with zero attached hydrogens (tertiary/aromatic N) is 2. The molecule has 1 fully saturated rings. The number of carbonyl (C=O) groups excluding carboxylic acids is 1. The van der Waals surface area contributed by atoms with Crippen LogP contribution in [0.5, 0.6) is 0 Å². The maximum Gasteiger partial charge on any atom is 0.273 e. The number of benzene rings is 1. The van der Waals surface area contributed by atoms with Gasteiger partial charge in [0.15, 0.2) is 0 Å². The summed E-state index contributed by atoms with van der Waals surface area (Å²) in [5.41, 5.74) is 7.68. The average Bonchev–Trinajstić information content (AvgIpc) is 2.58. The number of amides is 1. The van der Waals surface area contributed by atoms with E-state index in [0.29, 0.717) is 31.2 Å². The Morgan fingerprint density at radius 3 is 2.61 bits per heavy atom. The minimum atomic E-state index is -0.0972. The molecule has 2 N–H and O–H groups in total. The van der Waals surface area contributed by atoms with Gasteiger partial charge in [0, 0.05) is 36.8 Å². The highest BCUT2D eigenvalue weighted by atomic mass is 16.2. The second-order valence-electron chi connectivity index (χ2n) is 6.50. The number of piperidine rings is 1. The summed E-state index contributed by atoms with van der Waals surface area (Å²) in [5, 5.41) is 0. The quantitative estimate of drug-likeness (QED) is 0.871. The fourth-order valence-electron chi connectivity index (χ4n) is 3.89. The van der Waals surface area contributed by atoms with Crippen LogP contribution in [0.3, 0.4) is 0 Å². The maximum absolute atomic E-state index is 12.7. The first-order valence-corrected chi connectivity index (χ1v) is 7.97. The predicted octanol–water partition coefficient (Wildman–Crippen LogP) is 1.69. The predicted molar refractivity (Wildman–Crippen MR) is 88.3 cm³/mol. The number of anilines is 1. The number of nitrogens with two attached hydrogens (primary N) is 1. The Bertz CT molecular complexity index is 813. The van der Waals surface area contributed by atoms with E-state index in [1.54, 1.807) is 10.6 Å². The monoisotopic (exact) mass is 309 g/mol. The van der Waals surface area contributed by atoms with Gasteiger partial charge in [0.25, 0.3) is 11.5 Å². The number of hydrogen-bond donors (Lipinski definition) is 1. The molecule has 1 aromatic carbocycles. The highest BCUT2D eigenvalue weighted by Gasteiger charge is 2.36. The van der Waals surface area contributed by atoms with Crippen LogP contribution in [0.25, 0.3) is 0 Å². The number of pyridine rings is 1. The lowest BCUT2D eigenvalue weighted by Gasteiger charge is -2.42. The van der Waals surface area contributed by atoms with Crippen molar-refractivity contribution in [2.75, 3.05) is 18.8 Å². The third-order valence-electron chi connectivity index (χ3n) is 4.94. The number of hydrogen-bond acceptors (Lipinski definition) is 3. The SMILES string of the molecule is Nc1ccc2n(c1=O)CC1CC2CN(C(=O)c2ccccc2)C1. The second-order valence-corrected chi connectivity index (χ2v) is 6.50. The Hall–Kier alpha value is -2.56. The Kier molecular flexibility index (Phi) is 3.22. The van der Waals surface area contributed by atoms with Crippen molar-refractivity contribution in [1.29, 1.82) is 0 Å². The van der Waals surface area contributed by atoms with Crippen LogP contribution in [0.15, 0.2) is 47.3 Å². The molecule has 1 aromatic heterocycles. The van der Waals surface area contributed by atoms with Crippen molar-refractivity contribution in [3.05, 3.63) is 64.1 Å². The molecule has 5 heteroatoms. The summed E-state index contributed by atoms with van der Waals surface area (Å²) in [4.78, 5) is 26.9. The smallest absolute Gasteiger partial charge is 0.273 e. The van der Waals surface area contributed by atoms with E-state index in [1.165, 1.54) is 0 Å². The first kappa shape index (κ1) is 14.1. The molecule has 0 aliphatic carbocycles. The summed E-state index contributed by atoms with van der Waals surface area (Å²) < 4.78 is 1.80. The molecule has 23 heavy (non-hydrogen) atoms. The first-order chi connectivity index (χ1) is 11.1. The van der Waals surface area contributed by atoms with Crippen molar-refractivity contribution in [2.24, 2.45) is 5.92 Å². The normalized spacial score (nSPS) is 22.5. The molecule has 3 heterocycles. The zero-order valence-electron chi connectivity index (χ0n) is 12.8. The number of rotatable bonds is 1. The van der Waals surface area contributed by atoms with Gasteiger partial charge in [-0.25, -0.2) is 0 Å². The van der Waals surface area contributed by atoms with Crippen molar-refractivity contribution in [3.63, 3.8) is 0 Å². The third kappa shape index (κ3) is 2.32. The van der Waals surface area contributed by atoms with Gasteiger partial charge in [0.2, 0.25) is 0 Å². The fourth-order valence-corrected chi connectivity index (χ4v) is 3.89. The van der Waals surface area contributed by atoms with E-state index in [2.05, 4.69) is 0 Å². The molecule has 1 amide bonds. The van der Waals surface area contributed by atoms with E-state index in [-0.39, 0.29) is 17.4 Å². The highest BCUT2D eigenvalue weighted by Crippen LogP contribution is 2.35. The van der Waals surface area contributed by atoms with Crippen LogP contribution >= 0.6 is 0 Å². The molecule has 0 saturated carbocycles. The van der Waals surface area contributed by atoms with Gasteiger partial charge < -0.3 is 15.2 Å².